The first kappa shape index (κ1) is 21.7. The molecule has 0 bridgehead atoms. The Hall–Kier alpha value is -1.50. The predicted molar refractivity (Wildman–Crippen MR) is 126 cm³/mol. The molecular formula is C24H32O4P2. The lowest BCUT2D eigenvalue weighted by atomic mass is 10.0. The van der Waals surface area contributed by atoms with Crippen LogP contribution in [0.1, 0.15) is 48.5 Å². The minimum atomic E-state index is -2.95. The van der Waals surface area contributed by atoms with Crippen molar-refractivity contribution in [2.24, 2.45) is 11.8 Å². The minimum absolute atomic E-state index is 0.115. The summed E-state index contributed by atoms with van der Waals surface area (Å²) >= 11 is 0. The number of ether oxygens (including phenoxy) is 2. The van der Waals surface area contributed by atoms with E-state index in [1.807, 2.05) is 71.0 Å². The summed E-state index contributed by atoms with van der Waals surface area (Å²) in [5.41, 5.74) is 1.74. The summed E-state index contributed by atoms with van der Waals surface area (Å²) < 4.78 is 40.6. The van der Waals surface area contributed by atoms with Crippen molar-refractivity contribution in [3.8, 4) is 22.6 Å². The van der Waals surface area contributed by atoms with Crippen molar-refractivity contribution in [1.82, 2.24) is 0 Å². The van der Waals surface area contributed by atoms with E-state index >= 15 is 0 Å². The van der Waals surface area contributed by atoms with E-state index in [0.717, 1.165) is 21.7 Å². The van der Waals surface area contributed by atoms with Crippen LogP contribution in [0.2, 0.25) is 0 Å². The second kappa shape index (κ2) is 7.28. The highest BCUT2D eigenvalue weighted by atomic mass is 31.2. The molecular weight excluding hydrogens is 414 g/mol. The molecule has 2 aliphatic rings. The Morgan fingerprint density at radius 2 is 1.50 bits per heavy atom. The van der Waals surface area contributed by atoms with Crippen LogP contribution >= 0.6 is 14.9 Å². The van der Waals surface area contributed by atoms with Crippen molar-refractivity contribution in [2.45, 2.75) is 65.3 Å². The van der Waals surface area contributed by atoms with E-state index in [0.29, 0.717) is 11.5 Å². The summed E-state index contributed by atoms with van der Waals surface area (Å²) in [6, 6.07) is 11.7. The average molecular weight is 446 g/mol. The molecule has 4 atom stereocenters. The lowest BCUT2D eigenvalue weighted by molar-refractivity contribution is 0.232. The Kier molecular flexibility index (Phi) is 5.27. The van der Waals surface area contributed by atoms with E-state index in [-0.39, 0.29) is 23.5 Å². The zero-order chi connectivity index (χ0) is 22.0. The number of benzene rings is 2. The van der Waals surface area contributed by atoms with Crippen molar-refractivity contribution in [3.63, 3.8) is 0 Å². The molecule has 162 valence electrons. The second-order valence-electron chi connectivity index (χ2n) is 10.1. The molecule has 0 radical (unpaired) electrons. The molecule has 0 fully saturated rings. The highest BCUT2D eigenvalue weighted by Gasteiger charge is 2.54. The van der Waals surface area contributed by atoms with Crippen LogP contribution in [0.4, 0.5) is 0 Å². The van der Waals surface area contributed by atoms with Crippen LogP contribution in [0.3, 0.4) is 0 Å². The molecule has 0 spiro atoms. The molecule has 0 amide bonds. The maximum atomic E-state index is 14.8. The van der Waals surface area contributed by atoms with Gasteiger partial charge in [-0.3, -0.25) is 0 Å². The molecule has 0 aliphatic carbocycles. The van der Waals surface area contributed by atoms with Crippen LogP contribution in [0, 0.1) is 11.8 Å². The topological polar surface area (TPSA) is 52.6 Å². The Balaban J connectivity index is 1.98. The molecule has 0 aromatic heterocycles. The standard InChI is InChI=1S/C24H32O4P2/c1-14(2)22-27-18-12-8-10-16(20(18)29(22)25)17-11-9-13-19-21(17)30(26,24(5,6)7)23(28-19)15(3)4/h8-15,22-23,29H,1-7H3/t22-,23-,30?/m0/s1. The van der Waals surface area contributed by atoms with E-state index < -0.39 is 20.1 Å². The summed E-state index contributed by atoms with van der Waals surface area (Å²) in [7, 11) is -5.10. The predicted octanol–water partition coefficient (Wildman–Crippen LogP) is 6.07. The van der Waals surface area contributed by atoms with Crippen LogP contribution in [-0.4, -0.2) is 16.8 Å². The van der Waals surface area contributed by atoms with Crippen LogP contribution in [0.15, 0.2) is 36.4 Å². The largest absolute Gasteiger partial charge is 0.482 e. The molecule has 2 aliphatic heterocycles. The van der Waals surface area contributed by atoms with Gasteiger partial charge >= 0.3 is 0 Å². The lowest BCUT2D eigenvalue weighted by Crippen LogP contribution is -2.31. The maximum Gasteiger partial charge on any atom is 0.163 e. The first-order chi connectivity index (χ1) is 14.0. The molecule has 2 heterocycles. The van der Waals surface area contributed by atoms with E-state index in [9.17, 15) is 9.13 Å². The van der Waals surface area contributed by atoms with Crippen molar-refractivity contribution < 1.29 is 18.6 Å². The fraction of sp³-hybridized carbons (Fsp3) is 0.500. The molecule has 0 saturated carbocycles. The lowest BCUT2D eigenvalue weighted by Gasteiger charge is -2.34. The van der Waals surface area contributed by atoms with Gasteiger partial charge < -0.3 is 18.6 Å². The average Bonchev–Trinajstić information content (AvgIpc) is 3.17. The molecule has 2 unspecified atom stereocenters. The van der Waals surface area contributed by atoms with Crippen molar-refractivity contribution in [1.29, 1.82) is 0 Å². The molecule has 2 aromatic carbocycles. The van der Waals surface area contributed by atoms with Gasteiger partial charge in [-0.25, -0.2) is 0 Å². The Morgan fingerprint density at radius 3 is 2.07 bits per heavy atom. The van der Waals surface area contributed by atoms with Gasteiger partial charge in [0.25, 0.3) is 0 Å². The molecule has 6 heteroatoms. The smallest absolute Gasteiger partial charge is 0.163 e. The summed E-state index contributed by atoms with van der Waals surface area (Å²) in [4.78, 5) is 0. The molecule has 0 N–H and O–H groups in total. The Morgan fingerprint density at radius 1 is 0.900 bits per heavy atom. The van der Waals surface area contributed by atoms with Gasteiger partial charge in [0.1, 0.15) is 19.3 Å². The monoisotopic (exact) mass is 446 g/mol. The van der Waals surface area contributed by atoms with Gasteiger partial charge in [-0.1, -0.05) is 72.7 Å². The maximum absolute atomic E-state index is 14.8. The van der Waals surface area contributed by atoms with Gasteiger partial charge in [0.2, 0.25) is 0 Å². The van der Waals surface area contributed by atoms with Gasteiger partial charge in [-0.2, -0.15) is 0 Å². The van der Waals surface area contributed by atoms with Crippen molar-refractivity contribution in [3.05, 3.63) is 36.4 Å². The van der Waals surface area contributed by atoms with Crippen LogP contribution in [0.25, 0.3) is 11.1 Å². The summed E-state index contributed by atoms with van der Waals surface area (Å²) in [5, 5.41) is 1.12. The number of hydrogen-bond donors (Lipinski definition) is 0. The third-order valence-electron chi connectivity index (χ3n) is 6.18. The number of rotatable bonds is 3. The molecule has 4 nitrogen and oxygen atoms in total. The molecule has 2 aromatic rings. The first-order valence-corrected chi connectivity index (χ1v) is 14.0. The van der Waals surface area contributed by atoms with E-state index in [1.54, 1.807) is 0 Å². The van der Waals surface area contributed by atoms with Gasteiger partial charge in [0, 0.05) is 5.16 Å². The molecule has 0 saturated heterocycles. The van der Waals surface area contributed by atoms with Crippen LogP contribution in [0.5, 0.6) is 11.5 Å². The SMILES string of the molecule is CC(C)[C@H]1Oc2cccc(-c3cccc4c3P(=O)(C(C)(C)C)[C@@H](C(C)C)O4)c2[PH]1=O. The third-order valence-corrected chi connectivity index (χ3v) is 13.0. The molecule has 4 rings (SSSR count). The van der Waals surface area contributed by atoms with Gasteiger partial charge in [-0.05, 0) is 35.1 Å². The normalized spacial score (nSPS) is 27.7. The zero-order valence-corrected chi connectivity index (χ0v) is 20.7. The zero-order valence-electron chi connectivity index (χ0n) is 18.9. The Bertz CT molecular complexity index is 1070. The quantitative estimate of drug-likeness (QED) is 0.537. The fourth-order valence-electron chi connectivity index (χ4n) is 4.66. The number of hydrogen-bond acceptors (Lipinski definition) is 4. The second-order valence-corrected chi connectivity index (χ2v) is 15.5. The summed E-state index contributed by atoms with van der Waals surface area (Å²) in [6.07, 6.45) is 0. The van der Waals surface area contributed by atoms with Gasteiger partial charge in [-0.15, -0.1) is 0 Å². The van der Waals surface area contributed by atoms with E-state index in [1.165, 1.54) is 0 Å². The number of fused-ring (bicyclic) bond motifs is 2. The Labute approximate surface area is 180 Å². The van der Waals surface area contributed by atoms with Gasteiger partial charge in [0.05, 0.1) is 10.6 Å². The van der Waals surface area contributed by atoms with E-state index in [4.69, 9.17) is 9.47 Å². The highest BCUT2D eigenvalue weighted by molar-refractivity contribution is 7.74. The third kappa shape index (κ3) is 3.02. The molecule has 30 heavy (non-hydrogen) atoms. The highest BCUT2D eigenvalue weighted by Crippen LogP contribution is 2.68. The van der Waals surface area contributed by atoms with Crippen LogP contribution in [-0.2, 0) is 9.13 Å². The summed E-state index contributed by atoms with van der Waals surface area (Å²) in [5.74, 6) is 1.01. The van der Waals surface area contributed by atoms with E-state index in [2.05, 4.69) is 13.8 Å². The summed E-state index contributed by atoms with van der Waals surface area (Å²) in [6.45, 7) is 14.3. The minimum Gasteiger partial charge on any atom is -0.482 e. The van der Waals surface area contributed by atoms with Crippen molar-refractivity contribution >= 4 is 25.6 Å². The van der Waals surface area contributed by atoms with Crippen LogP contribution < -0.4 is 20.1 Å². The fourth-order valence-corrected chi connectivity index (χ4v) is 10.5. The van der Waals surface area contributed by atoms with Crippen molar-refractivity contribution in [2.75, 3.05) is 0 Å². The first-order valence-electron chi connectivity index (χ1n) is 10.7. The van der Waals surface area contributed by atoms with Gasteiger partial charge in [0.15, 0.2) is 18.8 Å².